The molecule has 1 aromatic heterocycles. The summed E-state index contributed by atoms with van der Waals surface area (Å²) in [7, 11) is 0. The van der Waals surface area contributed by atoms with Gasteiger partial charge in [-0.1, -0.05) is 6.07 Å². The number of aromatic amines is 1. The van der Waals surface area contributed by atoms with Crippen molar-refractivity contribution in [1.82, 2.24) is 15.4 Å². The van der Waals surface area contributed by atoms with Gasteiger partial charge in [0.05, 0.1) is 5.69 Å². The maximum atomic E-state index is 13.0. The zero-order chi connectivity index (χ0) is 17.1. The molecule has 1 amide bonds. The Bertz CT molecular complexity index is 878. The molecular weight excluding hydrogens is 377 g/mol. The van der Waals surface area contributed by atoms with Gasteiger partial charge in [0.1, 0.15) is 5.82 Å². The van der Waals surface area contributed by atoms with E-state index in [1.54, 1.807) is 18.2 Å². The molecule has 0 bridgehead atoms. The highest BCUT2D eigenvalue weighted by atomic mass is 79.9. The summed E-state index contributed by atoms with van der Waals surface area (Å²) >= 11 is 3.41. The van der Waals surface area contributed by atoms with Crippen LogP contribution >= 0.6 is 15.9 Å². The molecule has 2 aromatic carbocycles. The van der Waals surface area contributed by atoms with Crippen LogP contribution in [0.25, 0.3) is 0 Å². The number of rotatable bonds is 4. The Labute approximate surface area is 145 Å². The first kappa shape index (κ1) is 16.1. The van der Waals surface area contributed by atoms with Gasteiger partial charge in [-0.15, -0.1) is 10.2 Å². The van der Waals surface area contributed by atoms with E-state index in [4.69, 9.17) is 0 Å². The SMILES string of the molecule is Cc1ccc(NC(=O)c2n[nH]nc2Nc2ccc(F)cc2)c(Br)c1. The minimum Gasteiger partial charge on any atom is -0.337 e. The quantitative estimate of drug-likeness (QED) is 0.629. The molecule has 0 radical (unpaired) electrons. The van der Waals surface area contributed by atoms with E-state index < -0.39 is 5.91 Å². The molecule has 0 saturated carbocycles. The summed E-state index contributed by atoms with van der Waals surface area (Å²) in [6.45, 7) is 1.96. The molecular formula is C16H13BrFN5O. The number of carbonyl (C=O) groups is 1. The Morgan fingerprint density at radius 1 is 1.17 bits per heavy atom. The first-order valence-electron chi connectivity index (χ1n) is 7.04. The second-order valence-corrected chi connectivity index (χ2v) is 5.94. The van der Waals surface area contributed by atoms with Crippen molar-refractivity contribution in [3.8, 4) is 0 Å². The zero-order valence-corrected chi connectivity index (χ0v) is 14.2. The van der Waals surface area contributed by atoms with Crippen LogP contribution in [0.3, 0.4) is 0 Å². The number of hydrogen-bond donors (Lipinski definition) is 3. The molecule has 24 heavy (non-hydrogen) atoms. The average Bonchev–Trinajstić information content (AvgIpc) is 3.00. The van der Waals surface area contributed by atoms with E-state index in [0.29, 0.717) is 11.4 Å². The lowest BCUT2D eigenvalue weighted by atomic mass is 10.2. The summed E-state index contributed by atoms with van der Waals surface area (Å²) < 4.78 is 13.7. The van der Waals surface area contributed by atoms with Crippen LogP contribution in [0.1, 0.15) is 16.1 Å². The maximum Gasteiger partial charge on any atom is 0.280 e. The van der Waals surface area contributed by atoms with E-state index in [1.165, 1.54) is 12.1 Å². The van der Waals surface area contributed by atoms with Gasteiger partial charge in [0, 0.05) is 10.2 Å². The molecule has 0 aliphatic heterocycles. The van der Waals surface area contributed by atoms with Crippen LogP contribution in [0.5, 0.6) is 0 Å². The van der Waals surface area contributed by atoms with Gasteiger partial charge >= 0.3 is 0 Å². The number of carbonyl (C=O) groups excluding carboxylic acids is 1. The topological polar surface area (TPSA) is 82.7 Å². The van der Waals surface area contributed by atoms with Gasteiger partial charge in [0.15, 0.2) is 11.5 Å². The lowest BCUT2D eigenvalue weighted by molar-refractivity contribution is 0.102. The molecule has 8 heteroatoms. The van der Waals surface area contributed by atoms with Crippen LogP contribution in [-0.4, -0.2) is 21.3 Å². The van der Waals surface area contributed by atoms with Crippen molar-refractivity contribution in [3.63, 3.8) is 0 Å². The standard InChI is InChI=1S/C16H13BrFN5O/c1-9-2-7-13(12(17)8-9)20-16(24)14-15(22-23-21-14)19-11-5-3-10(18)4-6-11/h2-8H,1H3,(H,20,24)(H2,19,21,22,23). The third-order valence-corrected chi connectivity index (χ3v) is 3.90. The van der Waals surface area contributed by atoms with Crippen molar-refractivity contribution in [1.29, 1.82) is 0 Å². The van der Waals surface area contributed by atoms with Gasteiger partial charge in [-0.2, -0.15) is 5.21 Å². The molecule has 0 aliphatic rings. The molecule has 3 N–H and O–H groups in total. The number of aryl methyl sites for hydroxylation is 1. The molecule has 0 saturated heterocycles. The van der Waals surface area contributed by atoms with Crippen LogP contribution in [0.15, 0.2) is 46.9 Å². The lowest BCUT2D eigenvalue weighted by Crippen LogP contribution is -2.14. The summed E-state index contributed by atoms with van der Waals surface area (Å²) in [4.78, 5) is 12.4. The fourth-order valence-electron chi connectivity index (χ4n) is 2.05. The highest BCUT2D eigenvalue weighted by Crippen LogP contribution is 2.25. The van der Waals surface area contributed by atoms with E-state index in [1.807, 2.05) is 19.1 Å². The summed E-state index contributed by atoms with van der Waals surface area (Å²) in [6, 6.07) is 11.3. The van der Waals surface area contributed by atoms with Crippen LogP contribution in [0.2, 0.25) is 0 Å². The monoisotopic (exact) mass is 389 g/mol. The fraction of sp³-hybridized carbons (Fsp3) is 0.0625. The largest absolute Gasteiger partial charge is 0.337 e. The van der Waals surface area contributed by atoms with E-state index in [9.17, 15) is 9.18 Å². The minimum absolute atomic E-state index is 0.104. The van der Waals surface area contributed by atoms with Crippen molar-refractivity contribution in [2.75, 3.05) is 10.6 Å². The lowest BCUT2D eigenvalue weighted by Gasteiger charge is -2.08. The van der Waals surface area contributed by atoms with Crippen LogP contribution < -0.4 is 10.6 Å². The number of H-pyrrole nitrogens is 1. The predicted octanol–water partition coefficient (Wildman–Crippen LogP) is 4.01. The summed E-state index contributed by atoms with van der Waals surface area (Å²) in [5, 5.41) is 15.9. The number of nitrogens with zero attached hydrogens (tertiary/aromatic N) is 2. The first-order chi connectivity index (χ1) is 11.5. The Morgan fingerprint density at radius 3 is 2.62 bits per heavy atom. The smallest absolute Gasteiger partial charge is 0.280 e. The Kier molecular flexibility index (Phi) is 4.57. The number of aromatic nitrogens is 3. The summed E-state index contributed by atoms with van der Waals surface area (Å²) in [5.41, 5.74) is 2.39. The summed E-state index contributed by atoms with van der Waals surface area (Å²) in [6.07, 6.45) is 0. The molecule has 0 atom stereocenters. The third kappa shape index (κ3) is 3.60. The molecule has 122 valence electrons. The summed E-state index contributed by atoms with van der Waals surface area (Å²) in [5.74, 6) is -0.511. The fourth-order valence-corrected chi connectivity index (χ4v) is 2.64. The predicted molar refractivity (Wildman–Crippen MR) is 92.9 cm³/mol. The van der Waals surface area contributed by atoms with Gasteiger partial charge < -0.3 is 10.6 Å². The second kappa shape index (κ2) is 6.79. The zero-order valence-electron chi connectivity index (χ0n) is 12.6. The molecule has 0 unspecified atom stereocenters. The van der Waals surface area contributed by atoms with Gasteiger partial charge in [0.2, 0.25) is 0 Å². The van der Waals surface area contributed by atoms with Crippen LogP contribution in [0.4, 0.5) is 21.6 Å². The highest BCUT2D eigenvalue weighted by Gasteiger charge is 2.17. The second-order valence-electron chi connectivity index (χ2n) is 5.09. The number of anilines is 3. The Morgan fingerprint density at radius 2 is 1.92 bits per heavy atom. The van der Waals surface area contributed by atoms with Gasteiger partial charge in [-0.25, -0.2) is 4.39 Å². The number of amides is 1. The van der Waals surface area contributed by atoms with Crippen molar-refractivity contribution >= 4 is 39.0 Å². The Hall–Kier alpha value is -2.74. The van der Waals surface area contributed by atoms with Crippen molar-refractivity contribution in [2.24, 2.45) is 0 Å². The van der Waals surface area contributed by atoms with Crippen molar-refractivity contribution in [2.45, 2.75) is 6.92 Å². The van der Waals surface area contributed by atoms with Gasteiger partial charge in [-0.3, -0.25) is 4.79 Å². The first-order valence-corrected chi connectivity index (χ1v) is 7.83. The van der Waals surface area contributed by atoms with Crippen molar-refractivity contribution < 1.29 is 9.18 Å². The van der Waals surface area contributed by atoms with Crippen LogP contribution in [-0.2, 0) is 0 Å². The highest BCUT2D eigenvalue weighted by molar-refractivity contribution is 9.10. The normalized spacial score (nSPS) is 10.5. The molecule has 0 aliphatic carbocycles. The van der Waals surface area contributed by atoms with Crippen LogP contribution in [0, 0.1) is 12.7 Å². The molecule has 1 heterocycles. The average molecular weight is 390 g/mol. The minimum atomic E-state index is -0.419. The van der Waals surface area contributed by atoms with E-state index in [-0.39, 0.29) is 17.3 Å². The number of hydrogen-bond acceptors (Lipinski definition) is 4. The number of nitrogens with one attached hydrogen (secondary N) is 3. The molecule has 6 nitrogen and oxygen atoms in total. The molecule has 0 spiro atoms. The maximum absolute atomic E-state index is 13.0. The Balaban J connectivity index is 1.78. The number of benzene rings is 2. The molecule has 0 fully saturated rings. The molecule has 3 aromatic rings. The van der Waals surface area contributed by atoms with Gasteiger partial charge in [-0.05, 0) is 64.8 Å². The van der Waals surface area contributed by atoms with Gasteiger partial charge in [0.25, 0.3) is 5.91 Å². The number of halogens is 2. The molecule has 3 rings (SSSR count). The van der Waals surface area contributed by atoms with E-state index in [2.05, 4.69) is 42.0 Å². The third-order valence-electron chi connectivity index (χ3n) is 3.24. The van der Waals surface area contributed by atoms with E-state index >= 15 is 0 Å². The van der Waals surface area contributed by atoms with E-state index in [0.717, 1.165) is 10.0 Å². The van der Waals surface area contributed by atoms with Crippen molar-refractivity contribution in [3.05, 3.63) is 64.0 Å².